The molecule has 0 aliphatic rings. The molecule has 0 unspecified atom stereocenters. The molecule has 6 heteroatoms. The predicted octanol–water partition coefficient (Wildman–Crippen LogP) is 1.49. The molecule has 0 aliphatic carbocycles. The van der Waals surface area contributed by atoms with E-state index < -0.39 is 17.9 Å². The van der Waals surface area contributed by atoms with Gasteiger partial charge in [0, 0.05) is 18.2 Å². The van der Waals surface area contributed by atoms with Gasteiger partial charge in [0.1, 0.15) is 6.04 Å². The van der Waals surface area contributed by atoms with Crippen LogP contribution in [0, 0.1) is 0 Å². The van der Waals surface area contributed by atoms with E-state index in [1.807, 2.05) is 0 Å². The lowest BCUT2D eigenvalue weighted by Crippen LogP contribution is -2.41. The fourth-order valence-corrected chi connectivity index (χ4v) is 1.67. The summed E-state index contributed by atoms with van der Waals surface area (Å²) in [7, 11) is 1.26. The van der Waals surface area contributed by atoms with Gasteiger partial charge in [-0.3, -0.25) is 9.59 Å². The highest BCUT2D eigenvalue weighted by Crippen LogP contribution is 2.10. The van der Waals surface area contributed by atoms with Crippen molar-refractivity contribution in [3.8, 4) is 0 Å². The van der Waals surface area contributed by atoms with Crippen LogP contribution in [0.4, 0.5) is 5.69 Å². The number of carbonyl (C=O) groups is 3. The molecule has 1 aromatic carbocycles. The molecule has 0 saturated carbocycles. The third kappa shape index (κ3) is 5.10. The van der Waals surface area contributed by atoms with E-state index in [9.17, 15) is 14.4 Å². The van der Waals surface area contributed by atoms with Crippen molar-refractivity contribution in [1.82, 2.24) is 5.32 Å². The summed E-state index contributed by atoms with van der Waals surface area (Å²) >= 11 is 0. The van der Waals surface area contributed by atoms with Gasteiger partial charge in [0.15, 0.2) is 0 Å². The third-order valence-corrected chi connectivity index (χ3v) is 2.66. The Morgan fingerprint density at radius 2 is 1.90 bits per heavy atom. The van der Waals surface area contributed by atoms with Gasteiger partial charge >= 0.3 is 5.97 Å². The lowest BCUT2D eigenvalue weighted by molar-refractivity contribution is -0.142. The second kappa shape index (κ2) is 7.84. The molecule has 0 spiro atoms. The highest BCUT2D eigenvalue weighted by Gasteiger charge is 2.20. The van der Waals surface area contributed by atoms with Crippen molar-refractivity contribution in [2.75, 3.05) is 12.4 Å². The van der Waals surface area contributed by atoms with Crippen LogP contribution in [-0.2, 0) is 14.3 Å². The lowest BCUT2D eigenvalue weighted by atomic mass is 10.1. The van der Waals surface area contributed by atoms with Gasteiger partial charge in [-0.25, -0.2) is 4.79 Å². The standard InChI is InChI=1S/C15H18N2O4/c1-4-5-13(15(20)21-3)17-14(19)11-6-8-12(9-7-11)16-10(2)18/h4,6-9,13H,1,5H2,2-3H3,(H,16,18)(H,17,19)/t13-/m0/s1. The van der Waals surface area contributed by atoms with Crippen LogP contribution < -0.4 is 10.6 Å². The first-order chi connectivity index (χ1) is 9.97. The Labute approximate surface area is 123 Å². The highest BCUT2D eigenvalue weighted by molar-refractivity contribution is 5.97. The number of nitrogens with one attached hydrogen (secondary N) is 2. The van der Waals surface area contributed by atoms with Crippen molar-refractivity contribution in [2.24, 2.45) is 0 Å². The van der Waals surface area contributed by atoms with Crippen molar-refractivity contribution in [2.45, 2.75) is 19.4 Å². The molecule has 1 atom stereocenters. The minimum atomic E-state index is -0.768. The van der Waals surface area contributed by atoms with E-state index in [-0.39, 0.29) is 12.3 Å². The second-order valence-corrected chi connectivity index (χ2v) is 4.33. The van der Waals surface area contributed by atoms with E-state index >= 15 is 0 Å². The zero-order valence-corrected chi connectivity index (χ0v) is 12.0. The average Bonchev–Trinajstić information content (AvgIpc) is 2.46. The molecule has 0 aromatic heterocycles. The maximum atomic E-state index is 12.0. The number of esters is 1. The normalized spacial score (nSPS) is 11.1. The predicted molar refractivity (Wildman–Crippen MR) is 78.8 cm³/mol. The minimum Gasteiger partial charge on any atom is -0.467 e. The molecular weight excluding hydrogens is 272 g/mol. The molecule has 2 amide bonds. The van der Waals surface area contributed by atoms with E-state index in [0.29, 0.717) is 11.3 Å². The largest absolute Gasteiger partial charge is 0.467 e. The summed E-state index contributed by atoms with van der Waals surface area (Å²) in [6.45, 7) is 4.94. The summed E-state index contributed by atoms with van der Waals surface area (Å²) in [6.07, 6.45) is 1.81. The molecule has 0 bridgehead atoms. The van der Waals surface area contributed by atoms with Crippen LogP contribution in [0.1, 0.15) is 23.7 Å². The maximum Gasteiger partial charge on any atom is 0.328 e. The summed E-state index contributed by atoms with van der Waals surface area (Å²) in [5.41, 5.74) is 0.969. The Bertz CT molecular complexity index is 537. The highest BCUT2D eigenvalue weighted by atomic mass is 16.5. The third-order valence-electron chi connectivity index (χ3n) is 2.66. The molecule has 0 heterocycles. The van der Waals surface area contributed by atoms with E-state index in [1.165, 1.54) is 20.1 Å². The first kappa shape index (κ1) is 16.4. The SMILES string of the molecule is C=CC[C@H](NC(=O)c1ccc(NC(C)=O)cc1)C(=O)OC. The quantitative estimate of drug-likeness (QED) is 0.614. The van der Waals surface area contributed by atoms with Gasteiger partial charge in [-0.05, 0) is 30.7 Å². The summed E-state index contributed by atoms with van der Waals surface area (Å²) in [6, 6.07) is 5.56. The number of hydrogen-bond donors (Lipinski definition) is 2. The monoisotopic (exact) mass is 290 g/mol. The van der Waals surface area contributed by atoms with Gasteiger partial charge in [-0.1, -0.05) is 6.08 Å². The fraction of sp³-hybridized carbons (Fsp3) is 0.267. The number of amides is 2. The van der Waals surface area contributed by atoms with Crippen LogP contribution >= 0.6 is 0 Å². The Morgan fingerprint density at radius 1 is 1.29 bits per heavy atom. The van der Waals surface area contributed by atoms with E-state index in [4.69, 9.17) is 0 Å². The number of carbonyl (C=O) groups excluding carboxylic acids is 3. The van der Waals surface area contributed by atoms with Crippen molar-refractivity contribution in [1.29, 1.82) is 0 Å². The molecule has 6 nitrogen and oxygen atoms in total. The van der Waals surface area contributed by atoms with Gasteiger partial charge < -0.3 is 15.4 Å². The second-order valence-electron chi connectivity index (χ2n) is 4.33. The Balaban J connectivity index is 2.75. The average molecular weight is 290 g/mol. The Kier molecular flexibility index (Phi) is 6.13. The van der Waals surface area contributed by atoms with Crippen LogP contribution in [0.3, 0.4) is 0 Å². The first-order valence-corrected chi connectivity index (χ1v) is 6.35. The molecule has 0 aliphatic heterocycles. The molecular formula is C15H18N2O4. The van der Waals surface area contributed by atoms with Crippen LogP contribution in [0.2, 0.25) is 0 Å². The number of hydrogen-bond acceptors (Lipinski definition) is 4. The number of methoxy groups -OCH3 is 1. The number of benzene rings is 1. The van der Waals surface area contributed by atoms with Gasteiger partial charge in [-0.15, -0.1) is 6.58 Å². The van der Waals surface area contributed by atoms with Crippen LogP contribution in [0.25, 0.3) is 0 Å². The van der Waals surface area contributed by atoms with Gasteiger partial charge in [0.2, 0.25) is 5.91 Å². The maximum absolute atomic E-state index is 12.0. The lowest BCUT2D eigenvalue weighted by Gasteiger charge is -2.14. The number of anilines is 1. The minimum absolute atomic E-state index is 0.191. The molecule has 1 rings (SSSR count). The van der Waals surface area contributed by atoms with Gasteiger partial charge in [0.05, 0.1) is 7.11 Å². The smallest absolute Gasteiger partial charge is 0.328 e. The summed E-state index contributed by atoms with van der Waals surface area (Å²) < 4.78 is 4.62. The number of rotatable bonds is 6. The molecule has 0 radical (unpaired) electrons. The Morgan fingerprint density at radius 3 is 2.38 bits per heavy atom. The molecule has 0 fully saturated rings. The van der Waals surface area contributed by atoms with E-state index in [0.717, 1.165) is 0 Å². The van der Waals surface area contributed by atoms with Crippen LogP contribution in [0.15, 0.2) is 36.9 Å². The molecule has 112 valence electrons. The molecule has 0 saturated heterocycles. The zero-order valence-electron chi connectivity index (χ0n) is 12.0. The summed E-state index contributed by atoms with van der Waals surface area (Å²) in [5.74, 6) is -1.12. The number of ether oxygens (including phenoxy) is 1. The van der Waals surface area contributed by atoms with Crippen molar-refractivity contribution >= 4 is 23.5 Å². The molecule has 2 N–H and O–H groups in total. The van der Waals surface area contributed by atoms with Crippen LogP contribution in [0.5, 0.6) is 0 Å². The van der Waals surface area contributed by atoms with Crippen molar-refractivity contribution in [3.05, 3.63) is 42.5 Å². The van der Waals surface area contributed by atoms with Crippen molar-refractivity contribution in [3.63, 3.8) is 0 Å². The first-order valence-electron chi connectivity index (χ1n) is 6.35. The van der Waals surface area contributed by atoms with E-state index in [2.05, 4.69) is 21.9 Å². The van der Waals surface area contributed by atoms with Gasteiger partial charge in [0.25, 0.3) is 5.91 Å². The summed E-state index contributed by atoms with van der Waals surface area (Å²) in [4.78, 5) is 34.5. The molecule has 1 aromatic rings. The Hall–Kier alpha value is -2.63. The van der Waals surface area contributed by atoms with Gasteiger partial charge in [-0.2, -0.15) is 0 Å². The van der Waals surface area contributed by atoms with Crippen molar-refractivity contribution < 1.29 is 19.1 Å². The fourth-order valence-electron chi connectivity index (χ4n) is 1.67. The summed E-state index contributed by atoms with van der Waals surface area (Å²) in [5, 5.41) is 5.17. The van der Waals surface area contributed by atoms with E-state index in [1.54, 1.807) is 24.3 Å². The topological polar surface area (TPSA) is 84.5 Å². The molecule has 21 heavy (non-hydrogen) atoms. The zero-order chi connectivity index (χ0) is 15.8. The van der Waals surface area contributed by atoms with Crippen LogP contribution in [-0.4, -0.2) is 30.9 Å².